The summed E-state index contributed by atoms with van der Waals surface area (Å²) in [4.78, 5) is 12.6. The molecule has 1 unspecified atom stereocenters. The van der Waals surface area contributed by atoms with Gasteiger partial charge in [-0.1, -0.05) is 0 Å². The molecule has 0 aliphatic rings. The van der Waals surface area contributed by atoms with Gasteiger partial charge in [0, 0.05) is 0 Å². The number of hydrogen-bond acceptors (Lipinski definition) is 4. The fourth-order valence-electron chi connectivity index (χ4n) is 2.07. The Hall–Kier alpha value is -1.59. The maximum atomic E-state index is 12.5. The van der Waals surface area contributed by atoms with E-state index in [-0.39, 0.29) is 5.91 Å². The summed E-state index contributed by atoms with van der Waals surface area (Å²) in [5.74, 6) is -0.284. The average Bonchev–Trinajstić information content (AvgIpc) is 3.03. The van der Waals surface area contributed by atoms with E-state index >= 15 is 0 Å². The van der Waals surface area contributed by atoms with Crippen molar-refractivity contribution in [2.45, 2.75) is 4.90 Å². The number of anilines is 1. The number of thiophene rings is 1. The number of carbonyl (C=O) groups is 1. The number of amides is 1. The molecule has 0 saturated carbocycles. The van der Waals surface area contributed by atoms with Crippen molar-refractivity contribution in [1.29, 1.82) is 0 Å². The second-order valence-electron chi connectivity index (χ2n) is 5.08. The molecule has 1 N–H and O–H groups in total. The molecule has 3 rings (SSSR count). The first-order valence-electron chi connectivity index (χ1n) is 7.17. The Bertz CT molecular complexity index is 1000. The fourth-order valence-corrected chi connectivity index (χ4v) is 11.0. The van der Waals surface area contributed by atoms with Gasteiger partial charge in [-0.05, 0) is 0 Å². The molecule has 25 heavy (non-hydrogen) atoms. The number of nitrogens with one attached hydrogen (secondary N) is 1. The van der Waals surface area contributed by atoms with Gasteiger partial charge < -0.3 is 0 Å². The van der Waals surface area contributed by atoms with E-state index in [2.05, 4.69) is 5.32 Å². The molecule has 1 atom stereocenters. The number of halogens is 1. The van der Waals surface area contributed by atoms with E-state index < -0.39 is 22.7 Å². The molecule has 0 fully saturated rings. The molecular formula is C17H13AsClNO3S2. The van der Waals surface area contributed by atoms with Gasteiger partial charge in [0.15, 0.2) is 0 Å². The minimum absolute atomic E-state index is 0.284. The van der Waals surface area contributed by atoms with Crippen molar-refractivity contribution in [3.63, 3.8) is 0 Å². The molecule has 0 saturated heterocycles. The van der Waals surface area contributed by atoms with E-state index in [1.165, 1.54) is 11.3 Å². The summed E-state index contributed by atoms with van der Waals surface area (Å²) >= 11 is 5.77. The van der Waals surface area contributed by atoms with Crippen LogP contribution in [0.5, 0.6) is 0 Å². The third kappa shape index (κ3) is 4.73. The van der Waals surface area contributed by atoms with E-state index in [1.807, 2.05) is 0 Å². The van der Waals surface area contributed by atoms with Crippen LogP contribution in [-0.4, -0.2) is 28.9 Å². The van der Waals surface area contributed by atoms with Crippen LogP contribution in [0, 0.1) is 0 Å². The van der Waals surface area contributed by atoms with Crippen LogP contribution in [0.3, 0.4) is 0 Å². The summed E-state index contributed by atoms with van der Waals surface area (Å²) in [6.07, 6.45) is 0. The van der Waals surface area contributed by atoms with Crippen LogP contribution in [0.1, 0.15) is 10.4 Å². The first kappa shape index (κ1) is 18.2. The quantitative estimate of drug-likeness (QED) is 0.604. The molecule has 0 aliphatic heterocycles. The van der Waals surface area contributed by atoms with Crippen LogP contribution >= 0.6 is 22.9 Å². The Kier molecular flexibility index (Phi) is 5.64. The molecule has 3 aromatic rings. The average molecular weight is 454 g/mol. The van der Waals surface area contributed by atoms with Crippen molar-refractivity contribution in [2.24, 2.45) is 0 Å². The zero-order valence-corrected chi connectivity index (χ0v) is 17.3. The number of hydrogen-bond donors (Lipinski definition) is 1. The predicted octanol–water partition coefficient (Wildman–Crippen LogP) is 3.10. The molecule has 8 heteroatoms. The molecule has 1 amide bonds. The Labute approximate surface area is 160 Å². The van der Waals surface area contributed by atoms with Crippen LogP contribution in [0.15, 0.2) is 70.9 Å². The van der Waals surface area contributed by atoms with Crippen molar-refractivity contribution in [2.75, 3.05) is 5.32 Å². The summed E-state index contributed by atoms with van der Waals surface area (Å²) in [6, 6.07) is 16.9. The van der Waals surface area contributed by atoms with Gasteiger partial charge in [-0.25, -0.2) is 0 Å². The molecule has 0 spiro atoms. The Morgan fingerprint density at radius 3 is 2.52 bits per heavy atom. The fraction of sp³-hybridized carbons (Fsp3) is 0. The zero-order chi connectivity index (χ0) is 17.9. The van der Waals surface area contributed by atoms with Crippen LogP contribution in [-0.2, 0) is 8.10 Å². The van der Waals surface area contributed by atoms with E-state index in [0.29, 0.717) is 21.2 Å². The van der Waals surface area contributed by atoms with Gasteiger partial charge in [0.05, 0.1) is 0 Å². The van der Waals surface area contributed by atoms with Crippen LogP contribution in [0.2, 0.25) is 5.02 Å². The predicted molar refractivity (Wildman–Crippen MR) is 104 cm³/mol. The number of rotatable bonds is 5. The van der Waals surface area contributed by atoms with Gasteiger partial charge >= 0.3 is 161 Å². The molecular weight excluding hydrogens is 441 g/mol. The van der Waals surface area contributed by atoms with Gasteiger partial charge in [-0.3, -0.25) is 0 Å². The van der Waals surface area contributed by atoms with Crippen LogP contribution in [0.4, 0.5) is 5.69 Å². The number of carbonyl (C=O) groups excluding carboxylic acids is 1. The molecule has 0 radical (unpaired) electrons. The van der Waals surface area contributed by atoms with Crippen molar-refractivity contribution in [3.05, 3.63) is 76.6 Å². The molecule has 1 heterocycles. The molecule has 2 aromatic carbocycles. The maximum absolute atomic E-state index is 12.5. The third-order valence-electron chi connectivity index (χ3n) is 3.23. The molecule has 4 nitrogen and oxygen atoms in total. The second kappa shape index (κ2) is 7.75. The third-order valence-corrected chi connectivity index (χ3v) is 12.4. The van der Waals surface area contributed by atoms with Crippen LogP contribution < -0.4 is 8.98 Å². The molecule has 128 valence electrons. The van der Waals surface area contributed by atoms with Crippen molar-refractivity contribution >= 4 is 60.9 Å². The molecule has 0 aliphatic carbocycles. The van der Waals surface area contributed by atoms with Crippen molar-refractivity contribution < 1.29 is 13.2 Å². The first-order valence-corrected chi connectivity index (χ1v) is 13.5. The number of benzene rings is 2. The van der Waals surface area contributed by atoms with Gasteiger partial charge in [0.1, 0.15) is 0 Å². The van der Waals surface area contributed by atoms with Crippen molar-refractivity contribution in [3.8, 4) is 0 Å². The monoisotopic (exact) mass is 453 g/mol. The Balaban J connectivity index is 1.73. The minimum atomic E-state index is -3.30. The second-order valence-corrected chi connectivity index (χ2v) is 14.7. The summed E-state index contributed by atoms with van der Waals surface area (Å²) in [5, 5.41) is 4.97. The van der Waals surface area contributed by atoms with E-state index in [0.717, 1.165) is 3.66 Å². The standard InChI is InChI=1S/C17H13AsClNO3S2/c19-13-5-4-6-14(10-13)20-17(21)12-9-16(24-11-12)18-25(22,23)15-7-2-1-3-8-15/h1-11,18H,(H,20,21). The summed E-state index contributed by atoms with van der Waals surface area (Å²) in [7, 11) is -3.30. The molecule has 1 aromatic heterocycles. The van der Waals surface area contributed by atoms with Gasteiger partial charge in [0.25, 0.3) is 0 Å². The van der Waals surface area contributed by atoms with Gasteiger partial charge in [-0.15, -0.1) is 0 Å². The summed E-state index contributed by atoms with van der Waals surface area (Å²) in [5.41, 5.74) is 1.05. The van der Waals surface area contributed by atoms with Gasteiger partial charge in [0.2, 0.25) is 0 Å². The normalized spacial score (nSPS) is 11.7. The first-order chi connectivity index (χ1) is 11.9. The Morgan fingerprint density at radius 2 is 1.80 bits per heavy atom. The molecule has 0 bridgehead atoms. The Morgan fingerprint density at radius 1 is 1.04 bits per heavy atom. The summed E-state index contributed by atoms with van der Waals surface area (Å²) < 4.78 is 25.6. The SMILES string of the molecule is O=C(Nc1cccc(Cl)c1)c1csc([AsH]S(=O)(=O)c2ccccc2)c1. The summed E-state index contributed by atoms with van der Waals surface area (Å²) in [6.45, 7) is 0. The van der Waals surface area contributed by atoms with Gasteiger partial charge in [-0.2, -0.15) is 0 Å². The van der Waals surface area contributed by atoms with E-state index in [9.17, 15) is 13.2 Å². The van der Waals surface area contributed by atoms with Crippen molar-refractivity contribution in [1.82, 2.24) is 0 Å². The van der Waals surface area contributed by atoms with E-state index in [4.69, 9.17) is 11.6 Å². The van der Waals surface area contributed by atoms with E-state index in [1.54, 1.807) is 66.0 Å². The zero-order valence-electron chi connectivity index (χ0n) is 12.8. The van der Waals surface area contributed by atoms with Crippen LogP contribution in [0.25, 0.3) is 0 Å². The topological polar surface area (TPSA) is 63.2 Å².